The van der Waals surface area contributed by atoms with Crippen molar-refractivity contribution in [2.45, 2.75) is 6.54 Å². The van der Waals surface area contributed by atoms with E-state index >= 15 is 0 Å². The highest BCUT2D eigenvalue weighted by atomic mass is 32.2. The number of hydrogen-bond donors (Lipinski definition) is 1. The fraction of sp³-hybridized carbons (Fsp3) is 0.143. The van der Waals surface area contributed by atoms with Crippen molar-refractivity contribution >= 4 is 23.9 Å². The number of thioether (sulfide) groups is 1. The summed E-state index contributed by atoms with van der Waals surface area (Å²) in [7, 11) is 0. The Bertz CT molecular complexity index is 578. The van der Waals surface area contributed by atoms with E-state index in [1.54, 1.807) is 6.21 Å². The van der Waals surface area contributed by atoms with Crippen LogP contribution in [-0.4, -0.2) is 23.7 Å². The van der Waals surface area contributed by atoms with Crippen LogP contribution in [0, 0.1) is 0 Å². The fourth-order valence-corrected chi connectivity index (χ4v) is 2.79. The maximum Gasteiger partial charge on any atom is 0.259 e. The Morgan fingerprint density at radius 3 is 3.00 bits per heavy atom. The molecule has 1 aromatic rings. The van der Waals surface area contributed by atoms with Gasteiger partial charge in [0.1, 0.15) is 6.67 Å². The van der Waals surface area contributed by atoms with Gasteiger partial charge in [-0.2, -0.15) is 0 Å². The van der Waals surface area contributed by atoms with E-state index in [1.165, 1.54) is 11.8 Å². The van der Waals surface area contributed by atoms with Crippen molar-refractivity contribution in [1.29, 1.82) is 0 Å². The fourth-order valence-electron chi connectivity index (χ4n) is 1.86. The number of nitrogens with zero attached hydrogens (tertiary/aromatic N) is 2. The summed E-state index contributed by atoms with van der Waals surface area (Å²) < 4.78 is 0. The van der Waals surface area contributed by atoms with Gasteiger partial charge in [-0.05, 0) is 11.6 Å². The molecule has 0 aliphatic carbocycles. The molecule has 4 nitrogen and oxygen atoms in total. The number of nitrogens with one attached hydrogen (secondary N) is 1. The number of allylic oxidation sites excluding steroid dienone is 1. The average Bonchev–Trinajstić information content (AvgIpc) is 2.90. The van der Waals surface area contributed by atoms with Gasteiger partial charge >= 0.3 is 0 Å². The highest BCUT2D eigenvalue weighted by Crippen LogP contribution is 2.36. The van der Waals surface area contributed by atoms with Crippen LogP contribution < -0.4 is 5.32 Å². The van der Waals surface area contributed by atoms with Crippen molar-refractivity contribution < 1.29 is 4.79 Å². The number of fused-ring (bicyclic) bond motifs is 1. The van der Waals surface area contributed by atoms with E-state index in [1.807, 2.05) is 47.5 Å². The summed E-state index contributed by atoms with van der Waals surface area (Å²) >= 11 is 1.48. The van der Waals surface area contributed by atoms with Gasteiger partial charge in [0, 0.05) is 19.0 Å². The van der Waals surface area contributed by atoms with Crippen LogP contribution >= 0.6 is 11.8 Å². The Hall–Kier alpha value is -2.01. The first-order chi connectivity index (χ1) is 9.33. The molecule has 0 spiro atoms. The van der Waals surface area contributed by atoms with Crippen LogP contribution in [0.4, 0.5) is 0 Å². The van der Waals surface area contributed by atoms with Crippen LogP contribution in [0.2, 0.25) is 0 Å². The van der Waals surface area contributed by atoms with E-state index in [-0.39, 0.29) is 5.91 Å². The highest BCUT2D eigenvalue weighted by molar-refractivity contribution is 8.07. The molecule has 0 fully saturated rings. The maximum absolute atomic E-state index is 12.1. The third-order valence-corrected chi connectivity index (χ3v) is 3.94. The lowest BCUT2D eigenvalue weighted by Gasteiger charge is -2.15. The Kier molecular flexibility index (Phi) is 3.37. The summed E-state index contributed by atoms with van der Waals surface area (Å²) in [5.41, 5.74) is 1.10. The molecule has 2 heterocycles. The molecule has 5 heteroatoms. The number of carbonyl (C=O) groups excluding carboxylic acids is 1. The van der Waals surface area contributed by atoms with Crippen LogP contribution in [0.5, 0.6) is 0 Å². The summed E-state index contributed by atoms with van der Waals surface area (Å²) in [5.74, 6) is -0.0378. The molecule has 1 N–H and O–H groups in total. The first-order valence-electron chi connectivity index (χ1n) is 6.01. The number of aliphatic imine (C=N–C) groups is 1. The zero-order valence-electron chi connectivity index (χ0n) is 10.2. The summed E-state index contributed by atoms with van der Waals surface area (Å²) in [6.45, 7) is 1.14. The van der Waals surface area contributed by atoms with Crippen molar-refractivity contribution in [1.82, 2.24) is 10.2 Å². The smallest absolute Gasteiger partial charge is 0.259 e. The molecule has 0 radical (unpaired) electrons. The van der Waals surface area contributed by atoms with Crippen LogP contribution in [-0.2, 0) is 11.3 Å². The minimum atomic E-state index is -0.0378. The summed E-state index contributed by atoms with van der Waals surface area (Å²) in [5, 5.41) is 3.98. The number of carbonyl (C=O) groups is 1. The lowest BCUT2D eigenvalue weighted by molar-refractivity contribution is -0.117. The normalized spacial score (nSPS) is 16.7. The monoisotopic (exact) mass is 271 g/mol. The molecule has 1 aromatic carbocycles. The van der Waals surface area contributed by atoms with E-state index < -0.39 is 0 Å². The second kappa shape index (κ2) is 5.32. The quantitative estimate of drug-likeness (QED) is 0.915. The van der Waals surface area contributed by atoms with Crippen molar-refractivity contribution in [2.24, 2.45) is 4.99 Å². The number of hydrogen-bond acceptors (Lipinski definition) is 4. The van der Waals surface area contributed by atoms with Gasteiger partial charge in [-0.1, -0.05) is 42.1 Å². The van der Waals surface area contributed by atoms with Gasteiger partial charge in [0.05, 0.1) is 9.93 Å². The average molecular weight is 271 g/mol. The molecule has 2 aliphatic rings. The van der Waals surface area contributed by atoms with Gasteiger partial charge in [-0.3, -0.25) is 9.79 Å². The van der Waals surface area contributed by atoms with Crippen molar-refractivity contribution in [3.8, 4) is 0 Å². The minimum absolute atomic E-state index is 0.0378. The number of rotatable bonds is 3. The number of amides is 1. The molecule has 1 amide bonds. The number of benzene rings is 1. The third kappa shape index (κ3) is 2.71. The van der Waals surface area contributed by atoms with Crippen LogP contribution in [0.15, 0.2) is 57.5 Å². The third-order valence-electron chi connectivity index (χ3n) is 2.85. The molecule has 0 saturated carbocycles. The molecule has 0 aromatic heterocycles. The van der Waals surface area contributed by atoms with Gasteiger partial charge in [-0.15, -0.1) is 0 Å². The highest BCUT2D eigenvalue weighted by Gasteiger charge is 2.24. The molecule has 2 aliphatic heterocycles. The second-order valence-electron chi connectivity index (χ2n) is 4.21. The van der Waals surface area contributed by atoms with Gasteiger partial charge in [-0.25, -0.2) is 0 Å². The van der Waals surface area contributed by atoms with Crippen LogP contribution in [0.3, 0.4) is 0 Å². The standard InChI is InChI=1S/C14H13N3OS/c18-14(16-8-11-4-2-1-3-5-11)12-9-17-10-15-7-6-13(17)19-12/h1-7,9H,8,10H2,(H,16,18). The van der Waals surface area contributed by atoms with Crippen molar-refractivity contribution in [3.05, 3.63) is 58.1 Å². The van der Waals surface area contributed by atoms with E-state index in [2.05, 4.69) is 10.3 Å². The van der Waals surface area contributed by atoms with Crippen LogP contribution in [0.1, 0.15) is 5.56 Å². The second-order valence-corrected chi connectivity index (χ2v) is 5.27. The molecule has 0 bridgehead atoms. The predicted molar refractivity (Wildman–Crippen MR) is 77.2 cm³/mol. The van der Waals surface area contributed by atoms with E-state index in [4.69, 9.17) is 0 Å². The van der Waals surface area contributed by atoms with Gasteiger partial charge in [0.25, 0.3) is 5.91 Å². The van der Waals surface area contributed by atoms with Gasteiger partial charge in [0.2, 0.25) is 0 Å². The van der Waals surface area contributed by atoms with Gasteiger partial charge in [0.15, 0.2) is 0 Å². The minimum Gasteiger partial charge on any atom is -0.347 e. The van der Waals surface area contributed by atoms with E-state index in [0.29, 0.717) is 18.1 Å². The lowest BCUT2D eigenvalue weighted by atomic mass is 10.2. The van der Waals surface area contributed by atoms with Crippen molar-refractivity contribution in [3.63, 3.8) is 0 Å². The topological polar surface area (TPSA) is 44.7 Å². The molecular weight excluding hydrogens is 258 g/mol. The van der Waals surface area contributed by atoms with E-state index in [9.17, 15) is 4.79 Å². The first-order valence-corrected chi connectivity index (χ1v) is 6.83. The molecular formula is C14H13N3OS. The molecule has 0 atom stereocenters. The predicted octanol–water partition coefficient (Wildman–Crippen LogP) is 2.08. The first kappa shape index (κ1) is 12.0. The zero-order chi connectivity index (χ0) is 13.1. The Balaban J connectivity index is 1.60. The summed E-state index contributed by atoms with van der Waals surface area (Å²) in [6.07, 6.45) is 5.55. The zero-order valence-corrected chi connectivity index (χ0v) is 11.1. The Labute approximate surface area is 115 Å². The summed E-state index contributed by atoms with van der Waals surface area (Å²) in [4.78, 5) is 18.9. The largest absolute Gasteiger partial charge is 0.347 e. The molecule has 19 heavy (non-hydrogen) atoms. The molecule has 0 unspecified atom stereocenters. The van der Waals surface area contributed by atoms with Crippen molar-refractivity contribution in [2.75, 3.05) is 6.67 Å². The Morgan fingerprint density at radius 2 is 2.21 bits per heavy atom. The van der Waals surface area contributed by atoms with Crippen LogP contribution in [0.25, 0.3) is 0 Å². The SMILES string of the molecule is O=C(NCc1ccccc1)C1=CN2CN=CC=C2S1. The maximum atomic E-state index is 12.1. The molecule has 3 rings (SSSR count). The van der Waals surface area contributed by atoms with Gasteiger partial charge < -0.3 is 10.2 Å². The lowest BCUT2D eigenvalue weighted by Crippen LogP contribution is -2.23. The van der Waals surface area contributed by atoms with E-state index in [0.717, 1.165) is 10.6 Å². The molecule has 0 saturated heterocycles. The Morgan fingerprint density at radius 1 is 1.37 bits per heavy atom. The summed E-state index contributed by atoms with van der Waals surface area (Å²) in [6, 6.07) is 9.89. The molecule has 96 valence electrons.